The van der Waals surface area contributed by atoms with Crippen LogP contribution >= 0.6 is 23.4 Å². The fraction of sp³-hybridized carbons (Fsp3) is 0.500. The molecule has 1 heterocycles. The van der Waals surface area contributed by atoms with Crippen molar-refractivity contribution >= 4 is 23.4 Å². The fourth-order valence-electron chi connectivity index (χ4n) is 0.919. The third-order valence-corrected chi connectivity index (χ3v) is 3.53. The summed E-state index contributed by atoms with van der Waals surface area (Å²) in [6, 6.07) is 3.68. The molecule has 0 saturated carbocycles. The summed E-state index contributed by atoms with van der Waals surface area (Å²) in [5, 5.41) is 9.37. The lowest BCUT2D eigenvalue weighted by Crippen LogP contribution is -2.17. The Kier molecular flexibility index (Phi) is 3.95. The van der Waals surface area contributed by atoms with E-state index in [1.165, 1.54) is 11.8 Å². The summed E-state index contributed by atoms with van der Waals surface area (Å²) in [6.45, 7) is 5.88. The summed E-state index contributed by atoms with van der Waals surface area (Å²) < 4.78 is -0.123. The molecule has 0 radical (unpaired) electrons. The van der Waals surface area contributed by atoms with E-state index in [1.807, 2.05) is 26.8 Å². The fourth-order valence-corrected chi connectivity index (χ4v) is 1.96. The van der Waals surface area contributed by atoms with Crippen LogP contribution in [0.2, 0.25) is 0 Å². The smallest absolute Gasteiger partial charge is 0.189 e. The van der Waals surface area contributed by atoms with Crippen molar-refractivity contribution in [3.63, 3.8) is 0 Å². The van der Waals surface area contributed by atoms with E-state index < -0.39 is 0 Å². The van der Waals surface area contributed by atoms with Crippen LogP contribution in [-0.4, -0.2) is 20.6 Å². The molecule has 0 aliphatic heterocycles. The molecule has 0 N–H and O–H groups in total. The Morgan fingerprint density at radius 1 is 1.53 bits per heavy atom. The zero-order valence-electron chi connectivity index (χ0n) is 8.91. The Morgan fingerprint density at radius 3 is 2.73 bits per heavy atom. The molecule has 0 saturated heterocycles. The van der Waals surface area contributed by atoms with E-state index in [4.69, 9.17) is 16.9 Å². The van der Waals surface area contributed by atoms with Crippen molar-refractivity contribution in [3.8, 4) is 6.07 Å². The van der Waals surface area contributed by atoms with E-state index in [-0.39, 0.29) is 4.75 Å². The first-order chi connectivity index (χ1) is 6.96. The third kappa shape index (κ3) is 3.69. The number of aryl methyl sites for hydroxylation is 1. The second-order valence-electron chi connectivity index (χ2n) is 3.78. The summed E-state index contributed by atoms with van der Waals surface area (Å²) in [5.41, 5.74) is 1.20. The Hall–Kier alpha value is -0.790. The van der Waals surface area contributed by atoms with Gasteiger partial charge >= 0.3 is 0 Å². The quantitative estimate of drug-likeness (QED) is 0.464. The highest BCUT2D eigenvalue weighted by Crippen LogP contribution is 2.31. The highest BCUT2D eigenvalue weighted by Gasteiger charge is 2.20. The molecule has 0 unspecified atom stereocenters. The molecule has 15 heavy (non-hydrogen) atoms. The lowest BCUT2D eigenvalue weighted by Gasteiger charge is -2.19. The van der Waals surface area contributed by atoms with Gasteiger partial charge in [-0.2, -0.15) is 5.26 Å². The maximum atomic E-state index is 8.77. The van der Waals surface area contributed by atoms with Gasteiger partial charge in [0.15, 0.2) is 5.16 Å². The molecule has 0 aliphatic carbocycles. The molecule has 0 fully saturated rings. The van der Waals surface area contributed by atoms with Gasteiger partial charge in [0.25, 0.3) is 0 Å². The molecule has 1 aromatic heterocycles. The molecule has 0 aliphatic rings. The van der Waals surface area contributed by atoms with E-state index in [0.29, 0.717) is 16.7 Å². The van der Waals surface area contributed by atoms with Crippen LogP contribution in [0.1, 0.15) is 25.2 Å². The van der Waals surface area contributed by atoms with Crippen LogP contribution in [0.25, 0.3) is 0 Å². The maximum absolute atomic E-state index is 8.77. The average molecular weight is 242 g/mol. The topological polar surface area (TPSA) is 49.6 Å². The standard InChI is InChI=1S/C10H12ClN3S/c1-7-4-8(5-12)14-9(13-7)15-10(2,3)6-11/h4H,6H2,1-3H3. The summed E-state index contributed by atoms with van der Waals surface area (Å²) in [7, 11) is 0. The normalized spacial score (nSPS) is 11.1. The summed E-state index contributed by atoms with van der Waals surface area (Å²) in [5.74, 6) is 0.511. The SMILES string of the molecule is Cc1cc(C#N)nc(SC(C)(C)CCl)n1. The van der Waals surface area contributed by atoms with E-state index in [9.17, 15) is 0 Å². The second-order valence-corrected chi connectivity index (χ2v) is 5.73. The lowest BCUT2D eigenvalue weighted by molar-refractivity contribution is 0.796. The molecule has 80 valence electrons. The molecule has 0 atom stereocenters. The number of nitrogens with zero attached hydrogens (tertiary/aromatic N) is 3. The van der Waals surface area contributed by atoms with E-state index >= 15 is 0 Å². The minimum atomic E-state index is -0.123. The van der Waals surface area contributed by atoms with Gasteiger partial charge in [-0.3, -0.25) is 0 Å². The van der Waals surface area contributed by atoms with Crippen molar-refractivity contribution in [2.75, 3.05) is 5.88 Å². The first kappa shape index (κ1) is 12.3. The van der Waals surface area contributed by atoms with Gasteiger partial charge in [0.2, 0.25) is 0 Å². The third-order valence-electron chi connectivity index (χ3n) is 1.64. The van der Waals surface area contributed by atoms with Crippen molar-refractivity contribution in [2.45, 2.75) is 30.7 Å². The van der Waals surface area contributed by atoms with Crippen LogP contribution in [0.15, 0.2) is 11.2 Å². The molecule has 1 rings (SSSR count). The first-order valence-corrected chi connectivity index (χ1v) is 5.83. The number of rotatable bonds is 3. The number of aromatic nitrogens is 2. The van der Waals surface area contributed by atoms with Crippen molar-refractivity contribution in [3.05, 3.63) is 17.5 Å². The number of alkyl halides is 1. The number of nitriles is 1. The van der Waals surface area contributed by atoms with Gasteiger partial charge in [-0.15, -0.1) is 11.6 Å². The van der Waals surface area contributed by atoms with Crippen LogP contribution in [0.3, 0.4) is 0 Å². The van der Waals surface area contributed by atoms with E-state index in [0.717, 1.165) is 5.69 Å². The number of thioether (sulfide) groups is 1. The molecule has 3 nitrogen and oxygen atoms in total. The molecular formula is C10H12ClN3S. The van der Waals surface area contributed by atoms with Crippen molar-refractivity contribution in [2.24, 2.45) is 0 Å². The Bertz CT molecular complexity index is 398. The molecule has 0 spiro atoms. The van der Waals surface area contributed by atoms with Gasteiger partial charge in [-0.25, -0.2) is 9.97 Å². The largest absolute Gasteiger partial charge is 0.228 e. The van der Waals surface area contributed by atoms with Gasteiger partial charge in [0.05, 0.1) is 0 Å². The van der Waals surface area contributed by atoms with E-state index in [1.54, 1.807) is 6.07 Å². The Balaban J connectivity index is 2.96. The molecular weight excluding hydrogens is 230 g/mol. The number of halogens is 1. The van der Waals surface area contributed by atoms with Crippen LogP contribution in [-0.2, 0) is 0 Å². The molecule has 0 bridgehead atoms. The van der Waals surface area contributed by atoms with Gasteiger partial charge in [-0.05, 0) is 26.8 Å². The molecule has 0 amide bonds. The summed E-state index contributed by atoms with van der Waals surface area (Å²) in [4.78, 5) is 8.37. The average Bonchev–Trinajstić information content (AvgIpc) is 2.16. The molecule has 0 aromatic carbocycles. The van der Waals surface area contributed by atoms with Crippen molar-refractivity contribution < 1.29 is 0 Å². The summed E-state index contributed by atoms with van der Waals surface area (Å²) in [6.07, 6.45) is 0. The maximum Gasteiger partial charge on any atom is 0.189 e. The van der Waals surface area contributed by atoms with Gasteiger partial charge in [0.1, 0.15) is 11.8 Å². The van der Waals surface area contributed by atoms with E-state index in [2.05, 4.69) is 9.97 Å². The minimum absolute atomic E-state index is 0.123. The van der Waals surface area contributed by atoms with Crippen molar-refractivity contribution in [1.29, 1.82) is 5.26 Å². The first-order valence-electron chi connectivity index (χ1n) is 4.47. The highest BCUT2D eigenvalue weighted by atomic mass is 35.5. The monoisotopic (exact) mass is 241 g/mol. The lowest BCUT2D eigenvalue weighted by atomic mass is 10.2. The van der Waals surface area contributed by atoms with Crippen molar-refractivity contribution in [1.82, 2.24) is 9.97 Å². The molecule has 5 heteroatoms. The van der Waals surface area contributed by atoms with Crippen LogP contribution in [0.4, 0.5) is 0 Å². The van der Waals surface area contributed by atoms with Crippen LogP contribution in [0, 0.1) is 18.3 Å². The zero-order chi connectivity index (χ0) is 11.5. The predicted molar refractivity (Wildman–Crippen MR) is 62.1 cm³/mol. The van der Waals surface area contributed by atoms with Gasteiger partial charge in [-0.1, -0.05) is 11.8 Å². The zero-order valence-corrected chi connectivity index (χ0v) is 10.5. The molecule has 1 aromatic rings. The summed E-state index contributed by atoms with van der Waals surface area (Å²) >= 11 is 7.30. The minimum Gasteiger partial charge on any atom is -0.228 e. The number of hydrogen-bond donors (Lipinski definition) is 0. The Labute approximate surface area is 98.9 Å². The second kappa shape index (κ2) is 4.82. The predicted octanol–water partition coefficient (Wildman–Crippen LogP) is 2.77. The van der Waals surface area contributed by atoms with Crippen LogP contribution < -0.4 is 0 Å². The van der Waals surface area contributed by atoms with Gasteiger partial charge in [0, 0.05) is 16.3 Å². The van der Waals surface area contributed by atoms with Gasteiger partial charge < -0.3 is 0 Å². The van der Waals surface area contributed by atoms with Crippen LogP contribution in [0.5, 0.6) is 0 Å². The highest BCUT2D eigenvalue weighted by molar-refractivity contribution is 8.00. The number of hydrogen-bond acceptors (Lipinski definition) is 4. The Morgan fingerprint density at radius 2 is 2.20 bits per heavy atom.